The van der Waals surface area contributed by atoms with Crippen LogP contribution in [0.1, 0.15) is 24.2 Å². The molecule has 6 heteroatoms. The van der Waals surface area contributed by atoms with Gasteiger partial charge in [0.25, 0.3) is 0 Å². The van der Waals surface area contributed by atoms with Crippen LogP contribution in [-0.2, 0) is 4.79 Å². The van der Waals surface area contributed by atoms with Crippen molar-refractivity contribution in [2.24, 2.45) is 11.7 Å². The van der Waals surface area contributed by atoms with E-state index in [1.165, 1.54) is 18.3 Å². The highest BCUT2D eigenvalue weighted by molar-refractivity contribution is 5.89. The van der Waals surface area contributed by atoms with Crippen molar-refractivity contribution >= 4 is 17.7 Å². The highest BCUT2D eigenvalue weighted by Crippen LogP contribution is 2.12. The molecule has 17 heavy (non-hydrogen) atoms. The first kappa shape index (κ1) is 13.0. The predicted molar refractivity (Wildman–Crippen MR) is 62.6 cm³/mol. The third-order valence-electron chi connectivity index (χ3n) is 2.28. The van der Waals surface area contributed by atoms with E-state index in [9.17, 15) is 9.59 Å². The van der Waals surface area contributed by atoms with Crippen LogP contribution < -0.4 is 11.1 Å². The van der Waals surface area contributed by atoms with Crippen LogP contribution in [0.3, 0.4) is 0 Å². The summed E-state index contributed by atoms with van der Waals surface area (Å²) >= 11 is 0. The van der Waals surface area contributed by atoms with Gasteiger partial charge in [-0.25, -0.2) is 9.78 Å². The SMILES string of the molecule is CC(C)C(Nc1cc(C(=O)O)ccn1)C(N)=O. The molecule has 0 fully saturated rings. The summed E-state index contributed by atoms with van der Waals surface area (Å²) < 4.78 is 0. The normalized spacial score (nSPS) is 12.2. The molecule has 0 aliphatic heterocycles. The Labute approximate surface area is 98.8 Å². The van der Waals surface area contributed by atoms with E-state index in [0.29, 0.717) is 5.82 Å². The van der Waals surface area contributed by atoms with Gasteiger partial charge in [-0.1, -0.05) is 13.8 Å². The van der Waals surface area contributed by atoms with Gasteiger partial charge in [-0.2, -0.15) is 0 Å². The predicted octanol–water partition coefficient (Wildman–Crippen LogP) is 0.702. The maximum Gasteiger partial charge on any atom is 0.335 e. The number of aromatic carboxylic acids is 1. The number of hydrogen-bond donors (Lipinski definition) is 3. The number of carbonyl (C=O) groups is 2. The molecule has 0 spiro atoms. The minimum absolute atomic E-state index is 0.0113. The zero-order valence-corrected chi connectivity index (χ0v) is 9.68. The van der Waals surface area contributed by atoms with Crippen molar-refractivity contribution in [1.29, 1.82) is 0 Å². The van der Waals surface area contributed by atoms with Crippen molar-refractivity contribution in [2.75, 3.05) is 5.32 Å². The van der Waals surface area contributed by atoms with Crippen molar-refractivity contribution in [2.45, 2.75) is 19.9 Å². The minimum atomic E-state index is -1.05. The first-order valence-corrected chi connectivity index (χ1v) is 5.17. The maximum absolute atomic E-state index is 11.2. The molecule has 0 aromatic carbocycles. The Morgan fingerprint density at radius 1 is 1.47 bits per heavy atom. The van der Waals surface area contributed by atoms with Gasteiger partial charge in [-0.15, -0.1) is 0 Å². The molecule has 6 nitrogen and oxygen atoms in total. The average molecular weight is 237 g/mol. The van der Waals surface area contributed by atoms with Gasteiger partial charge in [0.2, 0.25) is 5.91 Å². The summed E-state index contributed by atoms with van der Waals surface area (Å²) in [7, 11) is 0. The molecule has 1 aromatic rings. The number of carboxylic acids is 1. The van der Waals surface area contributed by atoms with Crippen LogP contribution in [0.2, 0.25) is 0 Å². The van der Waals surface area contributed by atoms with Gasteiger partial charge in [0, 0.05) is 6.20 Å². The van der Waals surface area contributed by atoms with Crippen molar-refractivity contribution in [3.8, 4) is 0 Å². The first-order valence-electron chi connectivity index (χ1n) is 5.17. The van der Waals surface area contributed by atoms with Crippen LogP contribution >= 0.6 is 0 Å². The van der Waals surface area contributed by atoms with Gasteiger partial charge < -0.3 is 16.2 Å². The zero-order chi connectivity index (χ0) is 13.0. The standard InChI is InChI=1S/C11H15N3O3/c1-6(2)9(10(12)15)14-8-5-7(11(16)17)3-4-13-8/h3-6,9H,1-2H3,(H2,12,15)(H,13,14)(H,16,17). The van der Waals surface area contributed by atoms with Crippen molar-refractivity contribution in [1.82, 2.24) is 4.98 Å². The van der Waals surface area contributed by atoms with E-state index >= 15 is 0 Å². The topological polar surface area (TPSA) is 105 Å². The van der Waals surface area contributed by atoms with E-state index < -0.39 is 17.9 Å². The Bertz CT molecular complexity index is 432. The lowest BCUT2D eigenvalue weighted by Gasteiger charge is -2.19. The monoisotopic (exact) mass is 237 g/mol. The largest absolute Gasteiger partial charge is 0.478 e. The molecule has 0 saturated heterocycles. The van der Waals surface area contributed by atoms with E-state index in [2.05, 4.69) is 10.3 Å². The van der Waals surface area contributed by atoms with Crippen LogP contribution in [0.15, 0.2) is 18.3 Å². The van der Waals surface area contributed by atoms with E-state index in [1.54, 1.807) is 0 Å². The second-order valence-corrected chi connectivity index (χ2v) is 4.00. The lowest BCUT2D eigenvalue weighted by atomic mass is 10.0. The van der Waals surface area contributed by atoms with Gasteiger partial charge in [0.15, 0.2) is 0 Å². The van der Waals surface area contributed by atoms with Crippen molar-refractivity contribution < 1.29 is 14.7 Å². The number of carbonyl (C=O) groups excluding carboxylic acids is 1. The second-order valence-electron chi connectivity index (χ2n) is 4.00. The number of nitrogens with one attached hydrogen (secondary N) is 1. The number of carboxylic acid groups (broad SMARTS) is 1. The van der Waals surface area contributed by atoms with Crippen LogP contribution in [0, 0.1) is 5.92 Å². The van der Waals surface area contributed by atoms with Gasteiger partial charge in [0.05, 0.1) is 5.56 Å². The number of aromatic nitrogens is 1. The van der Waals surface area contributed by atoms with E-state index in [-0.39, 0.29) is 11.5 Å². The minimum Gasteiger partial charge on any atom is -0.478 e. The van der Waals surface area contributed by atoms with Crippen LogP contribution in [0.5, 0.6) is 0 Å². The number of hydrogen-bond acceptors (Lipinski definition) is 4. The third-order valence-corrected chi connectivity index (χ3v) is 2.28. The Morgan fingerprint density at radius 2 is 2.12 bits per heavy atom. The third kappa shape index (κ3) is 3.44. The summed E-state index contributed by atoms with van der Waals surface area (Å²) in [6, 6.07) is 2.16. The molecule has 0 bridgehead atoms. The molecule has 1 amide bonds. The number of pyridine rings is 1. The van der Waals surface area contributed by atoms with Gasteiger partial charge >= 0.3 is 5.97 Å². The maximum atomic E-state index is 11.2. The van der Waals surface area contributed by atoms with Gasteiger partial charge in [-0.3, -0.25) is 4.79 Å². The molecule has 1 heterocycles. The number of primary amides is 1. The Hall–Kier alpha value is -2.11. The Kier molecular flexibility index (Phi) is 4.03. The van der Waals surface area contributed by atoms with Crippen LogP contribution in [0.25, 0.3) is 0 Å². The molecule has 0 saturated carbocycles. The number of anilines is 1. The zero-order valence-electron chi connectivity index (χ0n) is 9.68. The van der Waals surface area contributed by atoms with Crippen LogP contribution in [-0.4, -0.2) is 28.0 Å². The summed E-state index contributed by atoms with van der Waals surface area (Å²) in [4.78, 5) is 25.9. The van der Waals surface area contributed by atoms with Crippen molar-refractivity contribution in [3.63, 3.8) is 0 Å². The Balaban J connectivity index is 2.90. The summed E-state index contributed by atoms with van der Waals surface area (Å²) in [5.41, 5.74) is 5.34. The van der Waals surface area contributed by atoms with Crippen molar-refractivity contribution in [3.05, 3.63) is 23.9 Å². The second kappa shape index (κ2) is 5.29. The summed E-state index contributed by atoms with van der Waals surface area (Å²) in [5, 5.41) is 11.6. The number of nitrogens with zero attached hydrogens (tertiary/aromatic N) is 1. The molecule has 1 aromatic heterocycles. The molecule has 1 atom stereocenters. The molecule has 1 unspecified atom stereocenters. The molecule has 1 rings (SSSR count). The number of nitrogens with two attached hydrogens (primary N) is 1. The average Bonchev–Trinajstić information content (AvgIpc) is 2.25. The number of rotatable bonds is 5. The molecular weight excluding hydrogens is 222 g/mol. The highest BCUT2D eigenvalue weighted by atomic mass is 16.4. The van der Waals surface area contributed by atoms with E-state index in [4.69, 9.17) is 10.8 Å². The molecule has 0 aliphatic carbocycles. The smallest absolute Gasteiger partial charge is 0.335 e. The first-order chi connectivity index (χ1) is 7.91. The molecule has 0 radical (unpaired) electrons. The molecule has 4 N–H and O–H groups in total. The van der Waals surface area contributed by atoms with E-state index in [0.717, 1.165) is 0 Å². The highest BCUT2D eigenvalue weighted by Gasteiger charge is 2.19. The summed E-state index contributed by atoms with van der Waals surface area (Å²) in [6.45, 7) is 3.67. The lowest BCUT2D eigenvalue weighted by molar-refractivity contribution is -0.119. The number of amides is 1. The Morgan fingerprint density at radius 3 is 2.59 bits per heavy atom. The fourth-order valence-corrected chi connectivity index (χ4v) is 1.37. The quantitative estimate of drug-likeness (QED) is 0.699. The fourth-order valence-electron chi connectivity index (χ4n) is 1.37. The summed E-state index contributed by atoms with van der Waals surface area (Å²) in [5.74, 6) is -1.23. The fraction of sp³-hybridized carbons (Fsp3) is 0.364. The van der Waals surface area contributed by atoms with Gasteiger partial charge in [0.1, 0.15) is 11.9 Å². The lowest BCUT2D eigenvalue weighted by Crippen LogP contribution is -2.39. The molecule has 92 valence electrons. The van der Waals surface area contributed by atoms with E-state index in [1.807, 2.05) is 13.8 Å². The van der Waals surface area contributed by atoms with Crippen LogP contribution in [0.4, 0.5) is 5.82 Å². The summed E-state index contributed by atoms with van der Waals surface area (Å²) in [6.07, 6.45) is 1.37. The molecule has 0 aliphatic rings. The molecular formula is C11H15N3O3. The van der Waals surface area contributed by atoms with Gasteiger partial charge in [-0.05, 0) is 18.1 Å².